The number of carbonyl (C=O) groups is 1. The summed E-state index contributed by atoms with van der Waals surface area (Å²) in [6.07, 6.45) is 2.29. The van der Waals surface area contributed by atoms with Crippen molar-refractivity contribution in [1.82, 2.24) is 4.90 Å². The van der Waals surface area contributed by atoms with Crippen LogP contribution in [0, 0.1) is 5.82 Å². The number of amides is 1. The first-order valence-corrected chi connectivity index (χ1v) is 10.4. The number of benzene rings is 2. The number of hydrogen-bond acceptors (Lipinski definition) is 5. The summed E-state index contributed by atoms with van der Waals surface area (Å²) in [5.41, 5.74) is 1.60. The van der Waals surface area contributed by atoms with Crippen molar-refractivity contribution in [2.45, 2.75) is 25.1 Å². The van der Waals surface area contributed by atoms with Gasteiger partial charge in [-0.25, -0.2) is 4.39 Å². The van der Waals surface area contributed by atoms with Gasteiger partial charge in [-0.15, -0.1) is 5.10 Å². The van der Waals surface area contributed by atoms with Gasteiger partial charge in [-0.05, 0) is 42.3 Å². The van der Waals surface area contributed by atoms with Crippen LogP contribution in [0.2, 0.25) is 0 Å². The molecular weight excluding hydrogens is 445 g/mol. The third-order valence-corrected chi connectivity index (χ3v) is 6.00. The van der Waals surface area contributed by atoms with E-state index in [0.717, 1.165) is 15.6 Å². The van der Waals surface area contributed by atoms with Gasteiger partial charge in [-0.2, -0.15) is 5.10 Å². The Morgan fingerprint density at radius 2 is 2.04 bits per heavy atom. The van der Waals surface area contributed by atoms with E-state index in [4.69, 9.17) is 4.74 Å². The zero-order valence-corrected chi connectivity index (χ0v) is 17.8. The minimum Gasteiger partial charge on any atom is -0.496 e. The Kier molecular flexibility index (Phi) is 6.85. The van der Waals surface area contributed by atoms with Crippen LogP contribution in [0.3, 0.4) is 0 Å². The standard InChI is InChI=1S/C20H19BrFN3O2S/c1-3-18-19(26)25(12-13-4-7-16(22)8-5-13)20(28-18)24-23-11-14-10-15(21)6-9-17(14)27-2/h4-11,18H,3,12H2,1-2H3/b23-11-,24-20-/t18-/m1/s1. The number of methoxy groups -OCH3 is 1. The molecule has 8 heteroatoms. The highest BCUT2D eigenvalue weighted by Crippen LogP contribution is 2.31. The number of ether oxygens (including phenoxy) is 1. The van der Waals surface area contributed by atoms with Crippen molar-refractivity contribution >= 4 is 45.0 Å². The highest BCUT2D eigenvalue weighted by molar-refractivity contribution is 9.10. The fourth-order valence-corrected chi connectivity index (χ4v) is 4.11. The van der Waals surface area contributed by atoms with Crippen LogP contribution in [0.1, 0.15) is 24.5 Å². The summed E-state index contributed by atoms with van der Waals surface area (Å²) in [4.78, 5) is 14.3. The second-order valence-electron chi connectivity index (χ2n) is 6.08. The molecule has 0 saturated carbocycles. The van der Waals surface area contributed by atoms with Gasteiger partial charge in [0.05, 0.1) is 25.1 Å². The molecule has 1 fully saturated rings. The molecule has 1 amide bonds. The Morgan fingerprint density at radius 1 is 1.29 bits per heavy atom. The molecule has 1 aliphatic heterocycles. The van der Waals surface area contributed by atoms with E-state index < -0.39 is 0 Å². The molecule has 3 rings (SSSR count). The number of nitrogens with zero attached hydrogens (tertiary/aromatic N) is 3. The molecule has 0 bridgehead atoms. The molecule has 5 nitrogen and oxygen atoms in total. The molecule has 0 aliphatic carbocycles. The third kappa shape index (κ3) is 4.80. The average molecular weight is 464 g/mol. The van der Waals surface area contributed by atoms with Gasteiger partial charge in [0.2, 0.25) is 5.91 Å². The maximum Gasteiger partial charge on any atom is 0.242 e. The third-order valence-electron chi connectivity index (χ3n) is 4.18. The van der Waals surface area contributed by atoms with Crippen molar-refractivity contribution in [3.05, 3.63) is 63.9 Å². The topological polar surface area (TPSA) is 54.3 Å². The molecule has 28 heavy (non-hydrogen) atoms. The minimum atomic E-state index is -0.307. The Bertz CT molecular complexity index is 918. The first kappa shape index (κ1) is 20.5. The summed E-state index contributed by atoms with van der Waals surface area (Å²) in [6.45, 7) is 2.29. The van der Waals surface area contributed by atoms with Crippen LogP contribution in [0.5, 0.6) is 5.75 Å². The lowest BCUT2D eigenvalue weighted by molar-refractivity contribution is -0.126. The fraction of sp³-hybridized carbons (Fsp3) is 0.250. The Labute approximate surface area is 175 Å². The molecule has 1 atom stereocenters. The van der Waals surface area contributed by atoms with Crippen molar-refractivity contribution < 1.29 is 13.9 Å². The smallest absolute Gasteiger partial charge is 0.242 e. The summed E-state index contributed by atoms with van der Waals surface area (Å²) in [5.74, 6) is 0.362. The number of rotatable bonds is 6. The van der Waals surface area contributed by atoms with Crippen LogP contribution in [0.25, 0.3) is 0 Å². The zero-order chi connectivity index (χ0) is 20.1. The molecule has 0 aromatic heterocycles. The molecule has 0 radical (unpaired) electrons. The van der Waals surface area contributed by atoms with E-state index in [1.54, 1.807) is 30.4 Å². The van der Waals surface area contributed by atoms with Gasteiger partial charge >= 0.3 is 0 Å². The lowest BCUT2D eigenvalue weighted by atomic mass is 10.2. The van der Waals surface area contributed by atoms with Crippen LogP contribution in [0.4, 0.5) is 4.39 Å². The lowest BCUT2D eigenvalue weighted by Crippen LogP contribution is -2.31. The Hall–Kier alpha value is -2.19. The predicted octanol–water partition coefficient (Wildman–Crippen LogP) is 4.84. The quantitative estimate of drug-likeness (QED) is 0.454. The van der Waals surface area contributed by atoms with Gasteiger partial charge < -0.3 is 4.74 Å². The monoisotopic (exact) mass is 463 g/mol. The van der Waals surface area contributed by atoms with Crippen molar-refractivity contribution in [2.24, 2.45) is 10.2 Å². The zero-order valence-electron chi connectivity index (χ0n) is 15.4. The molecule has 2 aromatic rings. The molecular formula is C20H19BrFN3O2S. The summed E-state index contributed by atoms with van der Waals surface area (Å²) in [5, 5.41) is 8.79. The van der Waals surface area contributed by atoms with Gasteiger partial charge in [0.1, 0.15) is 11.6 Å². The van der Waals surface area contributed by atoms with E-state index >= 15 is 0 Å². The fourth-order valence-electron chi connectivity index (χ4n) is 2.71. The maximum absolute atomic E-state index is 13.1. The molecule has 1 saturated heterocycles. The Morgan fingerprint density at radius 3 is 2.71 bits per heavy atom. The first-order chi connectivity index (χ1) is 13.5. The predicted molar refractivity (Wildman–Crippen MR) is 114 cm³/mol. The number of amidine groups is 1. The van der Waals surface area contributed by atoms with E-state index in [1.807, 2.05) is 25.1 Å². The van der Waals surface area contributed by atoms with Gasteiger partial charge in [0.15, 0.2) is 5.17 Å². The molecule has 146 valence electrons. The van der Waals surface area contributed by atoms with Crippen molar-refractivity contribution in [3.63, 3.8) is 0 Å². The van der Waals surface area contributed by atoms with Gasteiger partial charge in [-0.1, -0.05) is 46.7 Å². The van der Waals surface area contributed by atoms with Gasteiger partial charge in [0.25, 0.3) is 0 Å². The van der Waals surface area contributed by atoms with Crippen molar-refractivity contribution in [3.8, 4) is 5.75 Å². The summed E-state index contributed by atoms with van der Waals surface area (Å²) < 4.78 is 19.4. The molecule has 1 aliphatic rings. The van der Waals surface area contributed by atoms with Crippen LogP contribution in [0.15, 0.2) is 57.1 Å². The second kappa shape index (κ2) is 9.34. The summed E-state index contributed by atoms with van der Waals surface area (Å²) >= 11 is 4.82. The van der Waals surface area contributed by atoms with E-state index in [0.29, 0.717) is 23.9 Å². The van der Waals surface area contributed by atoms with Crippen LogP contribution in [-0.2, 0) is 11.3 Å². The van der Waals surface area contributed by atoms with Gasteiger partial charge in [0, 0.05) is 10.0 Å². The maximum atomic E-state index is 13.1. The van der Waals surface area contributed by atoms with Gasteiger partial charge in [-0.3, -0.25) is 9.69 Å². The molecule has 0 unspecified atom stereocenters. The summed E-state index contributed by atoms with van der Waals surface area (Å²) in [6, 6.07) is 11.7. The number of carbonyl (C=O) groups excluding carboxylic acids is 1. The highest BCUT2D eigenvalue weighted by Gasteiger charge is 2.36. The van der Waals surface area contributed by atoms with E-state index in [2.05, 4.69) is 26.1 Å². The Balaban J connectivity index is 1.84. The molecule has 0 N–H and O–H groups in total. The van der Waals surface area contributed by atoms with Crippen LogP contribution in [-0.4, -0.2) is 34.5 Å². The molecule has 1 heterocycles. The van der Waals surface area contributed by atoms with E-state index in [9.17, 15) is 9.18 Å². The summed E-state index contributed by atoms with van der Waals surface area (Å²) in [7, 11) is 1.59. The average Bonchev–Trinajstić information content (AvgIpc) is 2.99. The highest BCUT2D eigenvalue weighted by atomic mass is 79.9. The van der Waals surface area contributed by atoms with E-state index in [1.165, 1.54) is 23.9 Å². The molecule has 2 aromatic carbocycles. The number of thioether (sulfide) groups is 1. The SMILES string of the molecule is CC[C@H]1S/C(=N\N=C/c2cc(Br)ccc2OC)N(Cc2ccc(F)cc2)C1=O. The normalized spacial score (nSPS) is 18.4. The van der Waals surface area contributed by atoms with Crippen molar-refractivity contribution in [2.75, 3.05) is 7.11 Å². The van der Waals surface area contributed by atoms with Crippen LogP contribution >= 0.6 is 27.7 Å². The molecule has 0 spiro atoms. The lowest BCUT2D eigenvalue weighted by Gasteiger charge is -2.15. The minimum absolute atomic E-state index is 0.00851. The number of halogens is 2. The van der Waals surface area contributed by atoms with Crippen LogP contribution < -0.4 is 4.74 Å². The second-order valence-corrected chi connectivity index (χ2v) is 8.16. The largest absolute Gasteiger partial charge is 0.496 e. The first-order valence-electron chi connectivity index (χ1n) is 8.69. The number of hydrogen-bond donors (Lipinski definition) is 0. The van der Waals surface area contributed by atoms with Crippen molar-refractivity contribution in [1.29, 1.82) is 0 Å². The van der Waals surface area contributed by atoms with E-state index in [-0.39, 0.29) is 17.0 Å².